The Morgan fingerprint density at radius 1 is 1.30 bits per heavy atom. The van der Waals surface area contributed by atoms with Crippen LogP contribution in [0.25, 0.3) is 10.4 Å². The highest BCUT2D eigenvalue weighted by Crippen LogP contribution is 2.44. The van der Waals surface area contributed by atoms with Crippen LogP contribution in [0.1, 0.15) is 36.2 Å². The number of aryl methyl sites for hydroxylation is 1. The van der Waals surface area contributed by atoms with Gasteiger partial charge < -0.3 is 5.32 Å². The lowest BCUT2D eigenvalue weighted by molar-refractivity contribution is 0.504. The molecule has 3 rings (SSSR count). The molecule has 1 N–H and O–H groups in total. The minimum Gasteiger partial charge on any atom is -0.309 e. The fraction of sp³-hybridized carbons (Fsp3) is 0.412. The summed E-state index contributed by atoms with van der Waals surface area (Å²) in [5, 5.41) is 3.65. The quantitative estimate of drug-likeness (QED) is 0.746. The summed E-state index contributed by atoms with van der Waals surface area (Å²) in [6, 6.07) is 11.7. The van der Waals surface area contributed by atoms with E-state index in [0.29, 0.717) is 6.04 Å². The van der Waals surface area contributed by atoms with Crippen LogP contribution in [0.15, 0.2) is 34.8 Å². The van der Waals surface area contributed by atoms with Crippen molar-refractivity contribution < 1.29 is 0 Å². The Morgan fingerprint density at radius 2 is 2.10 bits per heavy atom. The van der Waals surface area contributed by atoms with Gasteiger partial charge in [-0.25, -0.2) is 0 Å². The van der Waals surface area contributed by atoms with Gasteiger partial charge in [-0.2, -0.15) is 0 Å². The zero-order valence-electron chi connectivity index (χ0n) is 11.9. The molecule has 1 atom stereocenters. The molecule has 1 unspecified atom stereocenters. The van der Waals surface area contributed by atoms with Gasteiger partial charge in [0, 0.05) is 25.8 Å². The maximum atomic E-state index is 3.69. The Bertz CT molecular complexity index is 601. The van der Waals surface area contributed by atoms with Gasteiger partial charge >= 0.3 is 0 Å². The molecule has 1 nitrogen and oxygen atoms in total. The van der Waals surface area contributed by atoms with Gasteiger partial charge in [0.15, 0.2) is 0 Å². The van der Waals surface area contributed by atoms with Crippen molar-refractivity contribution in [2.75, 3.05) is 6.54 Å². The van der Waals surface area contributed by atoms with E-state index in [4.69, 9.17) is 0 Å². The zero-order chi connectivity index (χ0) is 14.1. The second-order valence-corrected chi connectivity index (χ2v) is 7.53. The van der Waals surface area contributed by atoms with E-state index in [0.717, 1.165) is 12.5 Å². The molecule has 1 fully saturated rings. The molecule has 0 saturated heterocycles. The predicted molar refractivity (Wildman–Crippen MR) is 91.3 cm³/mol. The first-order valence-corrected chi connectivity index (χ1v) is 8.89. The van der Waals surface area contributed by atoms with Gasteiger partial charge in [0.05, 0.1) is 0 Å². The third-order valence-corrected chi connectivity index (χ3v) is 5.70. The molecule has 1 heterocycles. The highest BCUT2D eigenvalue weighted by molar-refractivity contribution is 9.10. The van der Waals surface area contributed by atoms with Crippen LogP contribution in [0.4, 0.5) is 0 Å². The number of rotatable bonds is 5. The smallest absolute Gasteiger partial charge is 0.0443 e. The van der Waals surface area contributed by atoms with Crippen molar-refractivity contribution in [3.8, 4) is 10.4 Å². The number of hydrogen-bond donors (Lipinski definition) is 1. The Hall–Kier alpha value is -0.640. The van der Waals surface area contributed by atoms with E-state index in [-0.39, 0.29) is 0 Å². The van der Waals surface area contributed by atoms with E-state index < -0.39 is 0 Å². The van der Waals surface area contributed by atoms with E-state index in [9.17, 15) is 0 Å². The van der Waals surface area contributed by atoms with E-state index in [1.807, 2.05) is 11.3 Å². The van der Waals surface area contributed by atoms with Crippen LogP contribution in [-0.2, 0) is 0 Å². The Kier molecular flexibility index (Phi) is 4.29. The van der Waals surface area contributed by atoms with Gasteiger partial charge in [-0.15, -0.1) is 11.3 Å². The second-order valence-electron chi connectivity index (χ2n) is 5.56. The van der Waals surface area contributed by atoms with Crippen LogP contribution in [0.2, 0.25) is 0 Å². The van der Waals surface area contributed by atoms with Crippen LogP contribution < -0.4 is 5.32 Å². The number of benzene rings is 1. The molecule has 0 radical (unpaired) electrons. The van der Waals surface area contributed by atoms with E-state index in [1.165, 1.54) is 38.2 Å². The van der Waals surface area contributed by atoms with Crippen molar-refractivity contribution in [2.24, 2.45) is 5.92 Å². The minimum atomic E-state index is 0.558. The number of nitrogens with one attached hydrogen (secondary N) is 1. The maximum absolute atomic E-state index is 3.69. The number of hydrogen-bond acceptors (Lipinski definition) is 2. The second kappa shape index (κ2) is 6.00. The van der Waals surface area contributed by atoms with Crippen molar-refractivity contribution in [3.63, 3.8) is 0 Å². The van der Waals surface area contributed by atoms with E-state index >= 15 is 0 Å². The molecule has 20 heavy (non-hydrogen) atoms. The first kappa shape index (κ1) is 14.3. The molecule has 1 aromatic carbocycles. The van der Waals surface area contributed by atoms with Gasteiger partial charge in [-0.3, -0.25) is 0 Å². The van der Waals surface area contributed by atoms with Crippen LogP contribution in [0.3, 0.4) is 0 Å². The number of thiophene rings is 1. The lowest BCUT2D eigenvalue weighted by atomic mass is 10.1. The van der Waals surface area contributed by atoms with Gasteiger partial charge in [-0.05, 0) is 56.0 Å². The molecule has 0 amide bonds. The van der Waals surface area contributed by atoms with Crippen LogP contribution >= 0.6 is 27.3 Å². The standard InChI is InChI=1S/C17H20BrNS/c1-3-19-17(12-5-6-12)16-9-8-15(20-16)13-7-4-11(2)10-14(13)18/h4,7-10,12,17,19H,3,5-6H2,1-2H3. The topological polar surface area (TPSA) is 12.0 Å². The molecule has 106 valence electrons. The summed E-state index contributed by atoms with van der Waals surface area (Å²) in [5.74, 6) is 0.850. The molecule has 0 aliphatic heterocycles. The summed E-state index contributed by atoms with van der Waals surface area (Å²) >= 11 is 5.62. The summed E-state index contributed by atoms with van der Waals surface area (Å²) in [5.41, 5.74) is 2.60. The summed E-state index contributed by atoms with van der Waals surface area (Å²) in [4.78, 5) is 2.84. The van der Waals surface area contributed by atoms with Gasteiger partial charge in [-0.1, -0.05) is 35.0 Å². The highest BCUT2D eigenvalue weighted by Gasteiger charge is 2.32. The fourth-order valence-electron chi connectivity index (χ4n) is 2.63. The van der Waals surface area contributed by atoms with E-state index in [2.05, 4.69) is 65.4 Å². The highest BCUT2D eigenvalue weighted by atomic mass is 79.9. The molecule has 3 heteroatoms. The largest absolute Gasteiger partial charge is 0.309 e. The number of halogens is 1. The minimum absolute atomic E-state index is 0.558. The van der Waals surface area contributed by atoms with Crippen molar-refractivity contribution in [1.82, 2.24) is 5.32 Å². The Labute approximate surface area is 133 Å². The average Bonchev–Trinajstić information content (AvgIpc) is 3.14. The van der Waals surface area contributed by atoms with Crippen LogP contribution in [-0.4, -0.2) is 6.54 Å². The molecule has 2 aromatic rings. The van der Waals surface area contributed by atoms with Crippen molar-refractivity contribution in [3.05, 3.63) is 45.2 Å². The van der Waals surface area contributed by atoms with E-state index in [1.54, 1.807) is 0 Å². The summed E-state index contributed by atoms with van der Waals surface area (Å²) in [6.07, 6.45) is 2.75. The molecule has 1 aromatic heterocycles. The van der Waals surface area contributed by atoms with Gasteiger partial charge in [0.25, 0.3) is 0 Å². The lowest BCUT2D eigenvalue weighted by Gasteiger charge is -2.15. The van der Waals surface area contributed by atoms with Crippen LogP contribution in [0, 0.1) is 12.8 Å². The van der Waals surface area contributed by atoms with Crippen LogP contribution in [0.5, 0.6) is 0 Å². The normalized spacial score (nSPS) is 16.4. The summed E-state index contributed by atoms with van der Waals surface area (Å²) < 4.78 is 1.19. The zero-order valence-corrected chi connectivity index (χ0v) is 14.4. The maximum Gasteiger partial charge on any atom is 0.0443 e. The van der Waals surface area contributed by atoms with Crippen molar-refractivity contribution in [1.29, 1.82) is 0 Å². The lowest BCUT2D eigenvalue weighted by Crippen LogP contribution is -2.21. The molecule has 0 spiro atoms. The predicted octanol–water partition coefficient (Wildman–Crippen LogP) is 5.55. The molecule has 0 bridgehead atoms. The molecular weight excluding hydrogens is 330 g/mol. The third kappa shape index (κ3) is 3.00. The van der Waals surface area contributed by atoms with Crippen molar-refractivity contribution >= 4 is 27.3 Å². The Morgan fingerprint density at radius 3 is 2.75 bits per heavy atom. The monoisotopic (exact) mass is 349 g/mol. The van der Waals surface area contributed by atoms with Crippen molar-refractivity contribution in [2.45, 2.75) is 32.7 Å². The molecular formula is C17H20BrNS. The first-order chi connectivity index (χ1) is 9.69. The summed E-state index contributed by atoms with van der Waals surface area (Å²) in [6.45, 7) is 5.37. The average molecular weight is 350 g/mol. The third-order valence-electron chi connectivity index (χ3n) is 3.84. The fourth-order valence-corrected chi connectivity index (χ4v) is 4.69. The molecule has 1 aliphatic carbocycles. The summed E-state index contributed by atoms with van der Waals surface area (Å²) in [7, 11) is 0. The van der Waals surface area contributed by atoms with Gasteiger partial charge in [0.1, 0.15) is 0 Å². The van der Waals surface area contributed by atoms with Gasteiger partial charge in [0.2, 0.25) is 0 Å². The SMILES string of the molecule is CCNC(c1ccc(-c2ccc(C)cc2Br)s1)C1CC1. The molecule has 1 saturated carbocycles. The first-order valence-electron chi connectivity index (χ1n) is 7.28. The molecule has 1 aliphatic rings. The Balaban J connectivity index is 1.89.